The van der Waals surface area contributed by atoms with Gasteiger partial charge in [0.15, 0.2) is 0 Å². The molecule has 1 aromatic carbocycles. The summed E-state index contributed by atoms with van der Waals surface area (Å²) >= 11 is 5.47. The molecule has 0 heterocycles. The third kappa shape index (κ3) is 4.06. The quantitative estimate of drug-likeness (QED) is 0.621. The number of nitrogens with one attached hydrogen (secondary N) is 1. The fraction of sp³-hybridized carbons (Fsp3) is 0.364. The standard InChI is InChI=1S/C11H12ClFN2O4/c1-6(11(16)17)2-3-14-9-5-8(13)7(12)4-10(9)15(18)19/h4-6,14H,2-3H2,1H3,(H,16,17). The van der Waals surface area contributed by atoms with Crippen LogP contribution >= 0.6 is 11.6 Å². The number of nitro groups is 1. The van der Waals surface area contributed by atoms with Gasteiger partial charge in [0.05, 0.1) is 15.9 Å². The molecule has 0 aliphatic heterocycles. The minimum atomic E-state index is -0.960. The molecule has 0 bridgehead atoms. The summed E-state index contributed by atoms with van der Waals surface area (Å²) in [5, 5.41) is 21.8. The Bertz CT molecular complexity index is 510. The first-order valence-corrected chi connectivity index (χ1v) is 5.80. The van der Waals surface area contributed by atoms with E-state index < -0.39 is 22.6 Å². The average Bonchev–Trinajstić information content (AvgIpc) is 2.32. The van der Waals surface area contributed by atoms with Gasteiger partial charge in [-0.05, 0) is 6.42 Å². The highest BCUT2D eigenvalue weighted by Gasteiger charge is 2.18. The number of nitrogens with zero attached hydrogens (tertiary/aromatic N) is 1. The Morgan fingerprint density at radius 1 is 1.63 bits per heavy atom. The summed E-state index contributed by atoms with van der Waals surface area (Å²) in [6.45, 7) is 1.69. The van der Waals surface area contributed by atoms with E-state index >= 15 is 0 Å². The summed E-state index contributed by atoms with van der Waals surface area (Å²) in [5.41, 5.74) is -0.376. The van der Waals surface area contributed by atoms with Crippen molar-refractivity contribution in [2.45, 2.75) is 13.3 Å². The zero-order valence-electron chi connectivity index (χ0n) is 10.0. The number of aliphatic carboxylic acids is 1. The summed E-state index contributed by atoms with van der Waals surface area (Å²) in [6.07, 6.45) is 0.261. The maximum absolute atomic E-state index is 13.2. The van der Waals surface area contributed by atoms with Crippen LogP contribution in [0.25, 0.3) is 0 Å². The number of benzene rings is 1. The zero-order chi connectivity index (χ0) is 14.6. The van der Waals surface area contributed by atoms with Gasteiger partial charge in [-0.1, -0.05) is 18.5 Å². The molecule has 1 aromatic rings. The molecule has 0 spiro atoms. The van der Waals surface area contributed by atoms with E-state index in [4.69, 9.17) is 16.7 Å². The molecule has 0 fully saturated rings. The van der Waals surface area contributed by atoms with E-state index in [1.54, 1.807) is 0 Å². The van der Waals surface area contributed by atoms with Gasteiger partial charge >= 0.3 is 5.97 Å². The molecule has 8 heteroatoms. The smallest absolute Gasteiger partial charge is 0.306 e. The normalized spacial score (nSPS) is 11.9. The number of rotatable bonds is 6. The summed E-state index contributed by atoms with van der Waals surface area (Å²) in [7, 11) is 0. The second-order valence-electron chi connectivity index (χ2n) is 4.00. The lowest BCUT2D eigenvalue weighted by atomic mass is 10.1. The SMILES string of the molecule is CC(CCNc1cc(F)c(Cl)cc1[N+](=O)[O-])C(=O)O. The molecule has 1 rings (SSSR count). The van der Waals surface area contributed by atoms with Crippen molar-refractivity contribution in [3.63, 3.8) is 0 Å². The van der Waals surface area contributed by atoms with Crippen molar-refractivity contribution in [2.24, 2.45) is 5.92 Å². The van der Waals surface area contributed by atoms with E-state index in [-0.39, 0.29) is 29.4 Å². The molecule has 0 saturated carbocycles. The fourth-order valence-electron chi connectivity index (χ4n) is 1.38. The molecule has 0 radical (unpaired) electrons. The number of carbonyl (C=O) groups is 1. The molecule has 1 atom stereocenters. The molecule has 6 nitrogen and oxygen atoms in total. The van der Waals surface area contributed by atoms with Crippen LogP contribution in [-0.2, 0) is 4.79 Å². The Labute approximate surface area is 113 Å². The van der Waals surface area contributed by atoms with Gasteiger partial charge in [0, 0.05) is 18.7 Å². The Morgan fingerprint density at radius 3 is 2.79 bits per heavy atom. The van der Waals surface area contributed by atoms with Crippen LogP contribution in [0.2, 0.25) is 5.02 Å². The maximum atomic E-state index is 13.2. The predicted octanol–water partition coefficient (Wildman–Crippen LogP) is 2.91. The lowest BCUT2D eigenvalue weighted by Gasteiger charge is -2.09. The van der Waals surface area contributed by atoms with E-state index in [9.17, 15) is 19.3 Å². The van der Waals surface area contributed by atoms with Gasteiger partial charge in [0.1, 0.15) is 11.5 Å². The summed E-state index contributed by atoms with van der Waals surface area (Å²) in [4.78, 5) is 20.7. The van der Waals surface area contributed by atoms with Crippen molar-refractivity contribution < 1.29 is 19.2 Å². The largest absolute Gasteiger partial charge is 0.481 e. The van der Waals surface area contributed by atoms with E-state index in [0.29, 0.717) is 0 Å². The highest BCUT2D eigenvalue weighted by atomic mass is 35.5. The van der Waals surface area contributed by atoms with Crippen molar-refractivity contribution in [1.29, 1.82) is 0 Å². The van der Waals surface area contributed by atoms with Gasteiger partial charge in [-0.15, -0.1) is 0 Å². The second kappa shape index (κ2) is 6.33. The van der Waals surface area contributed by atoms with Gasteiger partial charge in [-0.2, -0.15) is 0 Å². The Kier molecular flexibility index (Phi) is 5.05. The summed E-state index contributed by atoms with van der Waals surface area (Å²) in [6, 6.07) is 1.84. The third-order valence-electron chi connectivity index (χ3n) is 2.55. The highest BCUT2D eigenvalue weighted by Crippen LogP contribution is 2.30. The molecule has 0 amide bonds. The fourth-order valence-corrected chi connectivity index (χ4v) is 1.53. The van der Waals surface area contributed by atoms with Gasteiger partial charge in [0.2, 0.25) is 0 Å². The van der Waals surface area contributed by atoms with Crippen LogP contribution in [0.3, 0.4) is 0 Å². The molecule has 0 aliphatic rings. The van der Waals surface area contributed by atoms with Crippen LogP contribution in [-0.4, -0.2) is 22.5 Å². The molecule has 0 saturated heterocycles. The third-order valence-corrected chi connectivity index (χ3v) is 2.84. The zero-order valence-corrected chi connectivity index (χ0v) is 10.8. The van der Waals surface area contributed by atoms with Crippen molar-refractivity contribution in [1.82, 2.24) is 0 Å². The number of carboxylic acid groups (broad SMARTS) is 1. The lowest BCUT2D eigenvalue weighted by molar-refractivity contribution is -0.384. The Balaban J connectivity index is 2.80. The van der Waals surface area contributed by atoms with Crippen LogP contribution in [0.15, 0.2) is 12.1 Å². The number of halogens is 2. The van der Waals surface area contributed by atoms with Crippen LogP contribution in [0.4, 0.5) is 15.8 Å². The van der Waals surface area contributed by atoms with Crippen molar-refractivity contribution >= 4 is 28.9 Å². The van der Waals surface area contributed by atoms with Gasteiger partial charge in [-0.3, -0.25) is 14.9 Å². The van der Waals surface area contributed by atoms with Crippen LogP contribution in [0.1, 0.15) is 13.3 Å². The number of nitro benzene ring substituents is 1. The lowest BCUT2D eigenvalue weighted by Crippen LogP contribution is -2.15. The molecule has 19 heavy (non-hydrogen) atoms. The van der Waals surface area contributed by atoms with E-state index in [1.807, 2.05) is 0 Å². The first kappa shape index (κ1) is 15.2. The molecular weight excluding hydrogens is 279 g/mol. The maximum Gasteiger partial charge on any atom is 0.306 e. The highest BCUT2D eigenvalue weighted by molar-refractivity contribution is 6.31. The molecule has 104 valence electrons. The topological polar surface area (TPSA) is 92.5 Å². The Hall–Kier alpha value is -1.89. The molecular formula is C11H12ClFN2O4. The first-order chi connectivity index (χ1) is 8.82. The number of hydrogen-bond donors (Lipinski definition) is 2. The van der Waals surface area contributed by atoms with E-state index in [2.05, 4.69) is 5.32 Å². The number of anilines is 1. The monoisotopic (exact) mass is 290 g/mol. The van der Waals surface area contributed by atoms with E-state index in [1.165, 1.54) is 6.92 Å². The van der Waals surface area contributed by atoms with Crippen LogP contribution < -0.4 is 5.32 Å². The van der Waals surface area contributed by atoms with Gasteiger partial charge < -0.3 is 10.4 Å². The average molecular weight is 291 g/mol. The Morgan fingerprint density at radius 2 is 2.26 bits per heavy atom. The molecule has 2 N–H and O–H groups in total. The van der Waals surface area contributed by atoms with Gasteiger partial charge in [-0.25, -0.2) is 4.39 Å². The minimum Gasteiger partial charge on any atom is -0.481 e. The van der Waals surface area contributed by atoms with E-state index in [0.717, 1.165) is 12.1 Å². The predicted molar refractivity (Wildman–Crippen MR) is 68.0 cm³/mol. The summed E-state index contributed by atoms with van der Waals surface area (Å²) in [5.74, 6) is -2.33. The van der Waals surface area contributed by atoms with Crippen LogP contribution in [0, 0.1) is 21.8 Å². The van der Waals surface area contributed by atoms with Crippen molar-refractivity contribution in [2.75, 3.05) is 11.9 Å². The summed E-state index contributed by atoms with van der Waals surface area (Å²) < 4.78 is 13.2. The molecule has 1 unspecified atom stereocenters. The first-order valence-electron chi connectivity index (χ1n) is 5.43. The second-order valence-corrected chi connectivity index (χ2v) is 4.40. The molecule has 0 aliphatic carbocycles. The number of carboxylic acids is 1. The number of hydrogen-bond acceptors (Lipinski definition) is 4. The van der Waals surface area contributed by atoms with Crippen LogP contribution in [0.5, 0.6) is 0 Å². The van der Waals surface area contributed by atoms with Crippen molar-refractivity contribution in [3.05, 3.63) is 33.1 Å². The molecule has 0 aromatic heterocycles. The van der Waals surface area contributed by atoms with Gasteiger partial charge in [0.25, 0.3) is 5.69 Å². The minimum absolute atomic E-state index is 0.0236. The van der Waals surface area contributed by atoms with Crippen molar-refractivity contribution in [3.8, 4) is 0 Å².